The van der Waals surface area contributed by atoms with Gasteiger partial charge in [-0.1, -0.05) is 18.2 Å². The lowest BCUT2D eigenvalue weighted by Gasteiger charge is -2.24. The van der Waals surface area contributed by atoms with Crippen molar-refractivity contribution in [3.05, 3.63) is 72.7 Å². The van der Waals surface area contributed by atoms with Crippen LogP contribution in [0.5, 0.6) is 0 Å². The zero-order chi connectivity index (χ0) is 19.5. The van der Waals surface area contributed by atoms with E-state index >= 15 is 0 Å². The summed E-state index contributed by atoms with van der Waals surface area (Å²) in [4.78, 5) is 15.3. The van der Waals surface area contributed by atoms with E-state index in [1.165, 1.54) is 11.9 Å². The molecule has 2 aromatic heterocycles. The molecule has 4 rings (SSSR count). The standard InChI is InChI=1S/C22H22N6/c1-3-28(16-8-4-7-15(2)13-16)22-20(23)21(25-14-26-22)27-19-11-5-10-18-17(19)9-6-12-24-18/h4-14H,3,23H2,1-2H3,(H,25,26,27). The zero-order valence-electron chi connectivity index (χ0n) is 15.9. The second-order valence-electron chi connectivity index (χ2n) is 6.54. The lowest BCUT2D eigenvalue weighted by atomic mass is 10.2. The van der Waals surface area contributed by atoms with Crippen LogP contribution >= 0.6 is 0 Å². The molecule has 0 spiro atoms. The van der Waals surface area contributed by atoms with Crippen LogP contribution in [0, 0.1) is 6.92 Å². The molecule has 0 saturated heterocycles. The number of nitrogens with two attached hydrogens (primary N) is 1. The van der Waals surface area contributed by atoms with E-state index in [2.05, 4.69) is 57.2 Å². The van der Waals surface area contributed by atoms with Crippen LogP contribution in [0.1, 0.15) is 12.5 Å². The van der Waals surface area contributed by atoms with E-state index in [4.69, 9.17) is 5.73 Å². The first-order valence-electron chi connectivity index (χ1n) is 9.23. The minimum Gasteiger partial charge on any atom is -0.393 e. The Hall–Kier alpha value is -3.67. The second-order valence-corrected chi connectivity index (χ2v) is 6.54. The van der Waals surface area contributed by atoms with Gasteiger partial charge in [-0.05, 0) is 55.8 Å². The summed E-state index contributed by atoms with van der Waals surface area (Å²) in [5.74, 6) is 1.26. The molecule has 0 bridgehead atoms. The fourth-order valence-electron chi connectivity index (χ4n) is 3.29. The number of nitrogen functional groups attached to an aromatic ring is 1. The van der Waals surface area contributed by atoms with Crippen LogP contribution in [-0.2, 0) is 0 Å². The zero-order valence-corrected chi connectivity index (χ0v) is 15.9. The van der Waals surface area contributed by atoms with Crippen molar-refractivity contribution < 1.29 is 0 Å². The number of nitrogens with one attached hydrogen (secondary N) is 1. The Morgan fingerprint density at radius 3 is 2.68 bits per heavy atom. The SMILES string of the molecule is CCN(c1cccc(C)c1)c1ncnc(Nc2cccc3ncccc23)c1N. The highest BCUT2D eigenvalue weighted by Crippen LogP contribution is 2.34. The van der Waals surface area contributed by atoms with Crippen LogP contribution < -0.4 is 16.0 Å². The van der Waals surface area contributed by atoms with Crippen molar-refractivity contribution in [1.82, 2.24) is 15.0 Å². The lowest BCUT2D eigenvalue weighted by molar-refractivity contribution is 0.979. The number of nitrogens with zero attached hydrogens (tertiary/aromatic N) is 4. The summed E-state index contributed by atoms with van der Waals surface area (Å²) < 4.78 is 0. The van der Waals surface area contributed by atoms with Crippen molar-refractivity contribution >= 4 is 39.6 Å². The molecule has 0 aliphatic carbocycles. The minimum absolute atomic E-state index is 0.506. The largest absolute Gasteiger partial charge is 0.393 e. The second kappa shape index (κ2) is 7.52. The first kappa shape index (κ1) is 17.7. The molecule has 0 unspecified atom stereocenters. The van der Waals surface area contributed by atoms with Gasteiger partial charge in [0.05, 0.1) is 5.52 Å². The van der Waals surface area contributed by atoms with Gasteiger partial charge < -0.3 is 16.0 Å². The Balaban J connectivity index is 1.74. The Bertz CT molecular complexity index is 1120. The summed E-state index contributed by atoms with van der Waals surface area (Å²) >= 11 is 0. The molecule has 0 saturated carbocycles. The minimum atomic E-state index is 0.506. The molecule has 3 N–H and O–H groups in total. The van der Waals surface area contributed by atoms with Crippen LogP contribution in [0.3, 0.4) is 0 Å². The third kappa shape index (κ3) is 3.32. The van der Waals surface area contributed by atoms with E-state index in [9.17, 15) is 0 Å². The molecule has 0 radical (unpaired) electrons. The number of rotatable bonds is 5. The van der Waals surface area contributed by atoms with Gasteiger partial charge in [0.25, 0.3) is 0 Å². The Kier molecular flexibility index (Phi) is 4.76. The molecule has 2 aromatic carbocycles. The summed E-state index contributed by atoms with van der Waals surface area (Å²) in [6, 6.07) is 18.1. The molecule has 140 valence electrons. The maximum Gasteiger partial charge on any atom is 0.161 e. The molecule has 6 nitrogen and oxygen atoms in total. The van der Waals surface area contributed by atoms with Gasteiger partial charge in [-0.15, -0.1) is 0 Å². The highest BCUT2D eigenvalue weighted by molar-refractivity contribution is 5.94. The van der Waals surface area contributed by atoms with Gasteiger partial charge in [0.2, 0.25) is 0 Å². The number of fused-ring (bicyclic) bond motifs is 1. The smallest absolute Gasteiger partial charge is 0.161 e. The van der Waals surface area contributed by atoms with E-state index < -0.39 is 0 Å². The van der Waals surface area contributed by atoms with E-state index in [0.717, 1.165) is 28.8 Å². The lowest BCUT2D eigenvalue weighted by Crippen LogP contribution is -2.20. The van der Waals surface area contributed by atoms with Gasteiger partial charge in [-0.3, -0.25) is 4.98 Å². The van der Waals surface area contributed by atoms with Crippen LogP contribution in [0.25, 0.3) is 10.9 Å². The summed E-state index contributed by atoms with van der Waals surface area (Å²) in [6.45, 7) is 4.89. The molecule has 4 aromatic rings. The highest BCUT2D eigenvalue weighted by atomic mass is 15.2. The number of benzene rings is 2. The molecular weight excluding hydrogens is 348 g/mol. The number of aryl methyl sites for hydroxylation is 1. The predicted octanol–water partition coefficient (Wildman–Crippen LogP) is 4.82. The van der Waals surface area contributed by atoms with E-state index in [-0.39, 0.29) is 0 Å². The molecule has 6 heteroatoms. The summed E-state index contributed by atoms with van der Waals surface area (Å²) in [5, 5.41) is 4.36. The Labute approximate surface area is 164 Å². The van der Waals surface area contributed by atoms with E-state index in [1.54, 1.807) is 6.20 Å². The molecule has 28 heavy (non-hydrogen) atoms. The predicted molar refractivity (Wildman–Crippen MR) is 115 cm³/mol. The summed E-state index contributed by atoms with van der Waals surface area (Å²) in [6.07, 6.45) is 3.32. The van der Waals surface area contributed by atoms with Gasteiger partial charge in [0, 0.05) is 29.5 Å². The maximum absolute atomic E-state index is 6.48. The van der Waals surface area contributed by atoms with Gasteiger partial charge in [-0.25, -0.2) is 9.97 Å². The fourth-order valence-corrected chi connectivity index (χ4v) is 3.29. The maximum atomic E-state index is 6.48. The number of anilines is 5. The number of hydrogen-bond acceptors (Lipinski definition) is 6. The number of pyridine rings is 1. The van der Waals surface area contributed by atoms with Gasteiger partial charge in [0.1, 0.15) is 12.0 Å². The highest BCUT2D eigenvalue weighted by Gasteiger charge is 2.16. The first-order valence-corrected chi connectivity index (χ1v) is 9.23. The molecule has 0 aliphatic rings. The Morgan fingerprint density at radius 1 is 1.00 bits per heavy atom. The third-order valence-electron chi connectivity index (χ3n) is 4.65. The quantitative estimate of drug-likeness (QED) is 0.524. The van der Waals surface area contributed by atoms with Crippen LogP contribution in [0.15, 0.2) is 67.1 Å². The topological polar surface area (TPSA) is 80.0 Å². The van der Waals surface area contributed by atoms with E-state index in [1.807, 2.05) is 36.4 Å². The third-order valence-corrected chi connectivity index (χ3v) is 4.65. The van der Waals surface area contributed by atoms with Crippen molar-refractivity contribution in [2.45, 2.75) is 13.8 Å². The fraction of sp³-hybridized carbons (Fsp3) is 0.136. The van der Waals surface area contributed by atoms with Gasteiger partial charge >= 0.3 is 0 Å². The molecule has 2 heterocycles. The van der Waals surface area contributed by atoms with Gasteiger partial charge in [0.15, 0.2) is 11.6 Å². The van der Waals surface area contributed by atoms with E-state index in [0.29, 0.717) is 17.3 Å². The summed E-state index contributed by atoms with van der Waals surface area (Å²) in [5.41, 5.74) is 11.0. The first-order chi connectivity index (χ1) is 13.7. The van der Waals surface area contributed by atoms with Crippen LogP contribution in [-0.4, -0.2) is 21.5 Å². The average molecular weight is 370 g/mol. The molecule has 0 amide bonds. The average Bonchev–Trinajstić information content (AvgIpc) is 2.71. The molecule has 0 aliphatic heterocycles. The monoisotopic (exact) mass is 370 g/mol. The van der Waals surface area contributed by atoms with Crippen LogP contribution in [0.2, 0.25) is 0 Å². The van der Waals surface area contributed by atoms with Gasteiger partial charge in [-0.2, -0.15) is 0 Å². The van der Waals surface area contributed by atoms with Crippen molar-refractivity contribution in [3.63, 3.8) is 0 Å². The summed E-state index contributed by atoms with van der Waals surface area (Å²) in [7, 11) is 0. The van der Waals surface area contributed by atoms with Crippen molar-refractivity contribution in [3.8, 4) is 0 Å². The number of aromatic nitrogens is 3. The Morgan fingerprint density at radius 2 is 1.86 bits per heavy atom. The normalized spacial score (nSPS) is 10.8. The van der Waals surface area contributed by atoms with Crippen molar-refractivity contribution in [1.29, 1.82) is 0 Å². The number of hydrogen-bond donors (Lipinski definition) is 2. The van der Waals surface area contributed by atoms with Crippen molar-refractivity contribution in [2.24, 2.45) is 0 Å². The van der Waals surface area contributed by atoms with Crippen LogP contribution in [0.4, 0.5) is 28.7 Å². The molecular formula is C22H22N6. The molecule has 0 atom stereocenters. The molecule has 0 fully saturated rings. The van der Waals surface area contributed by atoms with Crippen molar-refractivity contribution in [2.75, 3.05) is 22.5 Å².